The topological polar surface area (TPSA) is 91.0 Å². The van der Waals surface area contributed by atoms with Crippen LogP contribution in [0.4, 0.5) is 10.1 Å². The Morgan fingerprint density at radius 1 is 1.16 bits per heavy atom. The first kappa shape index (κ1) is 22.7. The van der Waals surface area contributed by atoms with Crippen molar-refractivity contribution in [2.45, 2.75) is 77.3 Å². The van der Waals surface area contributed by atoms with Crippen molar-refractivity contribution in [3.63, 3.8) is 0 Å². The molecule has 3 amide bonds. The summed E-state index contributed by atoms with van der Waals surface area (Å²) in [6, 6.07) is 7.33. The summed E-state index contributed by atoms with van der Waals surface area (Å²) in [5.74, 6) is -2.29. The first-order chi connectivity index (χ1) is 19.0. The van der Waals surface area contributed by atoms with Crippen molar-refractivity contribution in [3.05, 3.63) is 64.5 Å². The van der Waals surface area contributed by atoms with Gasteiger partial charge in [0.05, 0.1) is 12.6 Å². The molecule has 1 atom stereocenters. The van der Waals surface area contributed by atoms with E-state index in [1.165, 1.54) is 18.2 Å². The van der Waals surface area contributed by atoms with Gasteiger partial charge in [-0.2, -0.15) is 0 Å². The van der Waals surface area contributed by atoms with Crippen molar-refractivity contribution in [2.24, 2.45) is 0 Å². The van der Waals surface area contributed by atoms with Crippen molar-refractivity contribution in [1.29, 1.82) is 0 Å². The van der Waals surface area contributed by atoms with Crippen LogP contribution >= 0.6 is 0 Å². The Hall–Kier alpha value is -3.30. The van der Waals surface area contributed by atoms with Crippen LogP contribution in [-0.2, 0) is 33.9 Å². The average molecular weight is 526 g/mol. The highest BCUT2D eigenvalue weighted by molar-refractivity contribution is 6.06. The van der Waals surface area contributed by atoms with Crippen molar-refractivity contribution < 1.29 is 27.6 Å². The highest BCUT2D eigenvalue weighted by atomic mass is 19.1. The zero-order valence-electron chi connectivity index (χ0n) is 25.1. The third-order valence-corrected chi connectivity index (χ3v) is 6.90. The molecule has 1 unspecified atom stereocenters. The molecule has 3 aliphatic rings. The van der Waals surface area contributed by atoms with Gasteiger partial charge in [0.15, 0.2) is 0 Å². The summed E-state index contributed by atoms with van der Waals surface area (Å²) in [6.07, 6.45) is -0.138. The fourth-order valence-electron chi connectivity index (χ4n) is 5.60. The summed E-state index contributed by atoms with van der Waals surface area (Å²) in [4.78, 5) is 40.2. The summed E-state index contributed by atoms with van der Waals surface area (Å²) in [6.45, 7) is 6.52. The quantitative estimate of drug-likeness (QED) is 0.561. The van der Waals surface area contributed by atoms with Gasteiger partial charge >= 0.3 is 0 Å². The second-order valence-electron chi connectivity index (χ2n) is 11.3. The van der Waals surface area contributed by atoms with Gasteiger partial charge in [-0.1, -0.05) is 12.1 Å². The maximum absolute atomic E-state index is 15.0. The molecule has 8 nitrogen and oxygen atoms in total. The molecule has 2 N–H and O–H groups in total. The van der Waals surface area contributed by atoms with Gasteiger partial charge in [-0.3, -0.25) is 24.6 Å². The molecule has 2 fully saturated rings. The molecule has 0 spiro atoms. The maximum atomic E-state index is 15.0. The first-order valence-electron chi connectivity index (χ1n) is 14.3. The Labute approximate surface area is 226 Å². The van der Waals surface area contributed by atoms with E-state index in [9.17, 15) is 18.8 Å². The van der Waals surface area contributed by atoms with Crippen LogP contribution in [0.15, 0.2) is 36.4 Å². The molecule has 5 rings (SSSR count). The molecule has 0 aliphatic carbocycles. The molecule has 0 saturated carbocycles. The molecule has 3 heterocycles. The molecule has 9 heteroatoms. The molecule has 3 aliphatic heterocycles. The first-order valence-corrected chi connectivity index (χ1v) is 12.8. The average Bonchev–Trinajstić information content (AvgIpc) is 3.21. The number of morpholine rings is 1. The number of rotatable bonds is 6. The summed E-state index contributed by atoms with van der Waals surface area (Å²) in [5.41, 5.74) is 0.872. The summed E-state index contributed by atoms with van der Waals surface area (Å²) >= 11 is 0. The Bertz CT molecular complexity index is 1420. The zero-order valence-corrected chi connectivity index (χ0v) is 22.1. The number of benzene rings is 2. The van der Waals surface area contributed by atoms with E-state index in [2.05, 4.69) is 10.6 Å². The van der Waals surface area contributed by atoms with Crippen molar-refractivity contribution in [1.82, 2.24) is 15.1 Å². The maximum Gasteiger partial charge on any atom is 0.255 e. The summed E-state index contributed by atoms with van der Waals surface area (Å²) < 4.78 is 47.7. The minimum Gasteiger partial charge on any atom is -0.381 e. The van der Waals surface area contributed by atoms with Crippen LogP contribution in [0, 0.1) is 5.82 Å². The number of hydrogen-bond acceptors (Lipinski definition) is 6. The van der Waals surface area contributed by atoms with Crippen molar-refractivity contribution in [2.75, 3.05) is 18.4 Å². The van der Waals surface area contributed by atoms with Crippen LogP contribution in [0.3, 0.4) is 0 Å². The van der Waals surface area contributed by atoms with Gasteiger partial charge in [0, 0.05) is 64.2 Å². The van der Waals surface area contributed by atoms with E-state index in [1.807, 2.05) is 27.7 Å². The molecule has 0 bridgehead atoms. The number of nitrogens with zero attached hydrogens (tertiary/aromatic N) is 2. The largest absolute Gasteiger partial charge is 0.381 e. The van der Waals surface area contributed by atoms with Crippen LogP contribution < -0.4 is 10.6 Å². The highest BCUT2D eigenvalue weighted by Crippen LogP contribution is 2.33. The van der Waals surface area contributed by atoms with E-state index in [0.717, 1.165) is 4.90 Å². The smallest absolute Gasteiger partial charge is 0.255 e. The molecule has 2 saturated heterocycles. The number of amides is 3. The van der Waals surface area contributed by atoms with Gasteiger partial charge < -0.3 is 15.0 Å². The minimum atomic E-state index is -1.91. The Kier molecular flexibility index (Phi) is 5.83. The number of imide groups is 1. The SMILES string of the molecule is [2H]C1(N2Cc3c(NCc4cc(C([2H])([2H])N5CC(C)(C)OC(C)(C)C5)ccc4F)cccc3C2=O)CCC(=O)NC1=O. The van der Waals surface area contributed by atoms with E-state index in [1.54, 1.807) is 23.1 Å². The van der Waals surface area contributed by atoms with E-state index < -0.39 is 47.3 Å². The molecule has 0 radical (unpaired) electrons. The summed E-state index contributed by atoms with van der Waals surface area (Å²) in [5, 5.41) is 5.32. The third-order valence-electron chi connectivity index (χ3n) is 6.90. The Morgan fingerprint density at radius 3 is 2.61 bits per heavy atom. The van der Waals surface area contributed by atoms with Crippen LogP contribution in [0.1, 0.15) is 71.7 Å². The number of piperidine rings is 1. The second kappa shape index (κ2) is 9.78. The predicted octanol–water partition coefficient (Wildman–Crippen LogP) is 3.59. The lowest BCUT2D eigenvalue weighted by atomic mass is 9.98. The fraction of sp³-hybridized carbons (Fsp3) is 0.483. The van der Waals surface area contributed by atoms with Crippen molar-refractivity contribution >= 4 is 23.4 Å². The molecular formula is C29H35FN4O4. The van der Waals surface area contributed by atoms with Crippen molar-refractivity contribution in [3.8, 4) is 0 Å². The molecule has 2 aromatic rings. The number of fused-ring (bicyclic) bond motifs is 1. The monoisotopic (exact) mass is 525 g/mol. The minimum absolute atomic E-state index is 0.0154. The lowest BCUT2D eigenvalue weighted by molar-refractivity contribution is -0.182. The molecule has 38 heavy (non-hydrogen) atoms. The van der Waals surface area contributed by atoms with E-state index in [4.69, 9.17) is 8.85 Å². The lowest BCUT2D eigenvalue weighted by Crippen LogP contribution is -2.56. The van der Waals surface area contributed by atoms with Gasteiger partial charge in [0.1, 0.15) is 11.8 Å². The van der Waals surface area contributed by atoms with E-state index >= 15 is 0 Å². The number of hydrogen-bond donors (Lipinski definition) is 2. The van der Waals surface area contributed by atoms with Gasteiger partial charge in [-0.25, -0.2) is 4.39 Å². The Morgan fingerprint density at radius 2 is 1.89 bits per heavy atom. The molecule has 202 valence electrons. The molecule has 0 aromatic heterocycles. The number of nitrogens with one attached hydrogen (secondary N) is 2. The number of carbonyl (C=O) groups excluding carboxylic acids is 3. The van der Waals surface area contributed by atoms with E-state index in [-0.39, 0.29) is 31.5 Å². The number of anilines is 1. The van der Waals surface area contributed by atoms with Crippen LogP contribution in [-0.4, -0.2) is 57.8 Å². The van der Waals surface area contributed by atoms with Crippen LogP contribution in [0.2, 0.25) is 0 Å². The zero-order chi connectivity index (χ0) is 30.0. The predicted molar refractivity (Wildman–Crippen MR) is 141 cm³/mol. The Balaban J connectivity index is 1.36. The summed E-state index contributed by atoms with van der Waals surface area (Å²) in [7, 11) is 0. The standard InChI is InChI=1S/C29H35FN4O4/c1-28(2)16-33(17-29(3,4)38-28)14-18-8-9-22(30)19(12-18)13-31-23-7-5-6-20-21(23)15-34(27(20)37)24-10-11-25(35)32-26(24)36/h5-9,12,24,31H,10-11,13-17H2,1-4H3,(H,32,35,36)/i14D2,24D. The number of ether oxygens (including phenoxy) is 1. The molecule has 2 aromatic carbocycles. The number of carbonyl (C=O) groups is 3. The van der Waals surface area contributed by atoms with Crippen LogP contribution in [0.25, 0.3) is 0 Å². The van der Waals surface area contributed by atoms with Crippen LogP contribution in [0.5, 0.6) is 0 Å². The normalized spacial score (nSPS) is 26.3. The van der Waals surface area contributed by atoms with Gasteiger partial charge in [-0.15, -0.1) is 0 Å². The van der Waals surface area contributed by atoms with Gasteiger partial charge in [0.25, 0.3) is 5.91 Å². The number of halogens is 1. The fourth-order valence-corrected chi connectivity index (χ4v) is 5.60. The molecular weight excluding hydrogens is 487 g/mol. The lowest BCUT2D eigenvalue weighted by Gasteiger charge is -2.47. The third kappa shape index (κ3) is 5.44. The highest BCUT2D eigenvalue weighted by Gasteiger charge is 2.40. The van der Waals surface area contributed by atoms with E-state index in [0.29, 0.717) is 35.5 Å². The second-order valence-corrected chi connectivity index (χ2v) is 11.3. The van der Waals surface area contributed by atoms with Gasteiger partial charge in [0.2, 0.25) is 11.8 Å². The van der Waals surface area contributed by atoms with Gasteiger partial charge in [-0.05, 0) is 63.9 Å².